The van der Waals surface area contributed by atoms with E-state index in [0.29, 0.717) is 29.6 Å². The molecular weight excluding hydrogens is 387 g/mol. The molecule has 0 N–H and O–H groups in total. The minimum atomic E-state index is -4.36. The van der Waals surface area contributed by atoms with Gasteiger partial charge in [0.25, 0.3) is 5.91 Å². The Morgan fingerprint density at radius 2 is 2.00 bits per heavy atom. The van der Waals surface area contributed by atoms with Gasteiger partial charge >= 0.3 is 6.18 Å². The highest BCUT2D eigenvalue weighted by molar-refractivity contribution is 5.94. The lowest BCUT2D eigenvalue weighted by Gasteiger charge is -2.19. The van der Waals surface area contributed by atoms with Gasteiger partial charge in [0, 0.05) is 25.0 Å². The number of methoxy groups -OCH3 is 1. The van der Waals surface area contributed by atoms with Gasteiger partial charge in [0.15, 0.2) is 11.5 Å². The van der Waals surface area contributed by atoms with Crippen molar-refractivity contribution in [1.82, 2.24) is 14.5 Å². The highest BCUT2D eigenvalue weighted by Crippen LogP contribution is 2.29. The highest BCUT2D eigenvalue weighted by Gasteiger charge is 2.29. The van der Waals surface area contributed by atoms with Crippen molar-refractivity contribution in [3.63, 3.8) is 0 Å². The molecule has 0 fully saturated rings. The molecule has 0 saturated carbocycles. The SMILES string of the molecule is COc1cc(C(=O)N(C)Cc2nccn2CC(F)(F)F)ccc1OCCC(C)C. The van der Waals surface area contributed by atoms with Crippen molar-refractivity contribution in [2.45, 2.75) is 39.5 Å². The van der Waals surface area contributed by atoms with Crippen LogP contribution in [0.25, 0.3) is 0 Å². The standard InChI is InChI=1S/C20H26F3N3O3/c1-14(2)7-10-29-16-6-5-15(11-17(16)28-4)19(27)25(3)12-18-24-8-9-26(18)13-20(21,22)23/h5-6,8-9,11,14H,7,10,12-13H2,1-4H3. The number of ether oxygens (including phenoxy) is 2. The molecule has 2 aromatic rings. The normalized spacial score (nSPS) is 11.6. The molecule has 0 aliphatic heterocycles. The zero-order chi connectivity index (χ0) is 21.6. The number of halogens is 3. The molecule has 6 nitrogen and oxygen atoms in total. The molecule has 0 bridgehead atoms. The number of imidazole rings is 1. The van der Waals surface area contributed by atoms with E-state index in [-0.39, 0.29) is 18.3 Å². The summed E-state index contributed by atoms with van der Waals surface area (Å²) in [5.74, 6) is 1.25. The largest absolute Gasteiger partial charge is 0.493 e. The van der Waals surface area contributed by atoms with Crippen molar-refractivity contribution in [2.24, 2.45) is 5.92 Å². The Hall–Kier alpha value is -2.71. The summed E-state index contributed by atoms with van der Waals surface area (Å²) in [4.78, 5) is 18.0. The van der Waals surface area contributed by atoms with Crippen LogP contribution in [0, 0.1) is 5.92 Å². The van der Waals surface area contributed by atoms with Crippen molar-refractivity contribution in [3.8, 4) is 11.5 Å². The summed E-state index contributed by atoms with van der Waals surface area (Å²) in [6.45, 7) is 3.51. The van der Waals surface area contributed by atoms with E-state index in [9.17, 15) is 18.0 Å². The van der Waals surface area contributed by atoms with E-state index in [4.69, 9.17) is 9.47 Å². The zero-order valence-corrected chi connectivity index (χ0v) is 17.0. The Morgan fingerprint density at radius 3 is 2.62 bits per heavy atom. The number of benzene rings is 1. The number of aromatic nitrogens is 2. The first-order valence-electron chi connectivity index (χ1n) is 9.23. The lowest BCUT2D eigenvalue weighted by Crippen LogP contribution is -2.29. The number of hydrogen-bond acceptors (Lipinski definition) is 4. The van der Waals surface area contributed by atoms with Crippen LogP contribution in [0.4, 0.5) is 13.2 Å². The van der Waals surface area contributed by atoms with Gasteiger partial charge in [0.1, 0.15) is 12.4 Å². The van der Waals surface area contributed by atoms with E-state index in [1.165, 1.54) is 31.5 Å². The Balaban J connectivity index is 2.08. The molecule has 0 spiro atoms. The molecule has 160 valence electrons. The number of hydrogen-bond donors (Lipinski definition) is 0. The Bertz CT molecular complexity index is 819. The summed E-state index contributed by atoms with van der Waals surface area (Å²) >= 11 is 0. The van der Waals surface area contributed by atoms with Crippen LogP contribution in [0.2, 0.25) is 0 Å². The third-order valence-electron chi connectivity index (χ3n) is 4.24. The van der Waals surface area contributed by atoms with E-state index >= 15 is 0 Å². The van der Waals surface area contributed by atoms with E-state index in [1.807, 2.05) is 0 Å². The minimum Gasteiger partial charge on any atom is -0.493 e. The van der Waals surface area contributed by atoms with Gasteiger partial charge in [-0.15, -0.1) is 0 Å². The second kappa shape index (κ2) is 9.67. The molecule has 0 radical (unpaired) electrons. The van der Waals surface area contributed by atoms with Crippen molar-refractivity contribution in [1.29, 1.82) is 0 Å². The number of nitrogens with zero attached hydrogens (tertiary/aromatic N) is 3. The molecule has 2 rings (SSSR count). The van der Waals surface area contributed by atoms with Crippen LogP contribution in [-0.2, 0) is 13.1 Å². The molecule has 0 unspecified atom stereocenters. The summed E-state index contributed by atoms with van der Waals surface area (Å²) in [5, 5.41) is 0. The zero-order valence-electron chi connectivity index (χ0n) is 17.0. The highest BCUT2D eigenvalue weighted by atomic mass is 19.4. The molecule has 29 heavy (non-hydrogen) atoms. The topological polar surface area (TPSA) is 56.6 Å². The maximum absolute atomic E-state index is 12.7. The van der Waals surface area contributed by atoms with Gasteiger partial charge < -0.3 is 18.9 Å². The predicted molar refractivity (Wildman–Crippen MR) is 102 cm³/mol. The lowest BCUT2D eigenvalue weighted by molar-refractivity contribution is -0.141. The Labute approximate surface area is 168 Å². The van der Waals surface area contributed by atoms with Crippen LogP contribution in [0.15, 0.2) is 30.6 Å². The molecule has 1 aromatic carbocycles. The van der Waals surface area contributed by atoms with Crippen molar-refractivity contribution in [3.05, 3.63) is 42.0 Å². The number of carbonyl (C=O) groups is 1. The second-order valence-corrected chi connectivity index (χ2v) is 7.14. The van der Waals surface area contributed by atoms with Crippen LogP contribution in [0.3, 0.4) is 0 Å². The van der Waals surface area contributed by atoms with Crippen LogP contribution in [0.1, 0.15) is 36.5 Å². The maximum atomic E-state index is 12.7. The number of carbonyl (C=O) groups excluding carboxylic acids is 1. The summed E-state index contributed by atoms with van der Waals surface area (Å²) in [5.41, 5.74) is 0.342. The molecule has 1 heterocycles. The fourth-order valence-electron chi connectivity index (χ4n) is 2.66. The van der Waals surface area contributed by atoms with Crippen molar-refractivity contribution in [2.75, 3.05) is 20.8 Å². The Kier molecular flexibility index (Phi) is 7.53. The molecule has 0 saturated heterocycles. The van der Waals surface area contributed by atoms with Gasteiger partial charge in [0.05, 0.1) is 20.3 Å². The molecule has 0 aliphatic carbocycles. The third kappa shape index (κ3) is 6.69. The first-order chi connectivity index (χ1) is 13.6. The number of rotatable bonds is 9. The molecule has 9 heteroatoms. The van der Waals surface area contributed by atoms with Gasteiger partial charge in [-0.25, -0.2) is 4.98 Å². The van der Waals surface area contributed by atoms with Crippen LogP contribution in [-0.4, -0.2) is 47.3 Å². The summed E-state index contributed by atoms with van der Waals surface area (Å²) < 4.78 is 50.0. The van der Waals surface area contributed by atoms with E-state index in [1.54, 1.807) is 18.2 Å². The van der Waals surface area contributed by atoms with Gasteiger partial charge in [-0.1, -0.05) is 13.8 Å². The van der Waals surface area contributed by atoms with Gasteiger partial charge in [-0.3, -0.25) is 4.79 Å². The summed E-state index contributed by atoms with van der Waals surface area (Å²) in [6.07, 6.45) is -0.951. The summed E-state index contributed by atoms with van der Waals surface area (Å²) in [7, 11) is 2.99. The smallest absolute Gasteiger partial charge is 0.406 e. The molecule has 0 aliphatic rings. The first kappa shape index (κ1) is 22.6. The van der Waals surface area contributed by atoms with E-state index in [2.05, 4.69) is 18.8 Å². The van der Waals surface area contributed by atoms with Gasteiger partial charge in [-0.05, 0) is 30.5 Å². The van der Waals surface area contributed by atoms with Crippen molar-refractivity contribution >= 4 is 5.91 Å². The predicted octanol–water partition coefficient (Wildman–Crippen LogP) is 4.15. The molecular formula is C20H26F3N3O3. The van der Waals surface area contributed by atoms with Crippen LogP contribution >= 0.6 is 0 Å². The number of amides is 1. The van der Waals surface area contributed by atoms with Crippen molar-refractivity contribution < 1.29 is 27.4 Å². The van der Waals surface area contributed by atoms with Crippen LogP contribution < -0.4 is 9.47 Å². The van der Waals surface area contributed by atoms with E-state index < -0.39 is 12.7 Å². The average molecular weight is 413 g/mol. The fraction of sp³-hybridized carbons (Fsp3) is 0.500. The minimum absolute atomic E-state index is 0.0587. The average Bonchev–Trinajstić information content (AvgIpc) is 3.05. The first-order valence-corrected chi connectivity index (χ1v) is 9.23. The van der Waals surface area contributed by atoms with Gasteiger partial charge in [-0.2, -0.15) is 13.2 Å². The Morgan fingerprint density at radius 1 is 1.28 bits per heavy atom. The maximum Gasteiger partial charge on any atom is 0.406 e. The second-order valence-electron chi connectivity index (χ2n) is 7.14. The number of alkyl halides is 3. The summed E-state index contributed by atoms with van der Waals surface area (Å²) in [6, 6.07) is 4.82. The van der Waals surface area contributed by atoms with E-state index in [0.717, 1.165) is 11.0 Å². The fourth-order valence-corrected chi connectivity index (χ4v) is 2.66. The van der Waals surface area contributed by atoms with Crippen LogP contribution in [0.5, 0.6) is 11.5 Å². The molecule has 0 atom stereocenters. The lowest BCUT2D eigenvalue weighted by atomic mass is 10.1. The quantitative estimate of drug-likeness (QED) is 0.620. The monoisotopic (exact) mass is 413 g/mol. The van der Waals surface area contributed by atoms with Gasteiger partial charge in [0.2, 0.25) is 0 Å². The molecule has 1 aromatic heterocycles. The third-order valence-corrected chi connectivity index (χ3v) is 4.24. The molecule has 1 amide bonds.